The normalized spacial score (nSPS) is 13.7. The highest BCUT2D eigenvalue weighted by Gasteiger charge is 2.20. The Morgan fingerprint density at radius 2 is 2.13 bits per heavy atom. The third-order valence-electron chi connectivity index (χ3n) is 2.41. The minimum atomic E-state index is -0.369. The lowest BCUT2D eigenvalue weighted by Crippen LogP contribution is -2.18. The van der Waals surface area contributed by atoms with Crippen LogP contribution in [0.1, 0.15) is 39.3 Å². The number of rotatable bonds is 2. The van der Waals surface area contributed by atoms with E-state index in [-0.39, 0.29) is 17.4 Å². The predicted molar refractivity (Wildman–Crippen MR) is 57.7 cm³/mol. The molecule has 0 fully saturated rings. The van der Waals surface area contributed by atoms with Crippen molar-refractivity contribution in [2.75, 3.05) is 7.11 Å². The van der Waals surface area contributed by atoms with E-state index in [1.807, 2.05) is 6.20 Å². The van der Waals surface area contributed by atoms with E-state index in [0.29, 0.717) is 0 Å². The predicted octanol–water partition coefficient (Wildman–Crippen LogP) is 1.91. The number of carbonyl (C=O) groups is 1. The summed E-state index contributed by atoms with van der Waals surface area (Å²) < 4.78 is 6.29. The van der Waals surface area contributed by atoms with Gasteiger partial charge in [-0.2, -0.15) is 5.10 Å². The number of aromatic nitrogens is 2. The molecule has 0 aliphatic heterocycles. The van der Waals surface area contributed by atoms with Crippen LogP contribution >= 0.6 is 0 Å². The highest BCUT2D eigenvalue weighted by molar-refractivity contribution is 5.73. The van der Waals surface area contributed by atoms with Crippen molar-refractivity contribution in [3.63, 3.8) is 0 Å². The number of carbonyl (C=O) groups excluding carboxylic acids is 1. The molecular weight excluding hydrogens is 192 g/mol. The van der Waals surface area contributed by atoms with Crippen LogP contribution in [0, 0.1) is 0 Å². The van der Waals surface area contributed by atoms with Gasteiger partial charge in [-0.3, -0.25) is 4.68 Å². The van der Waals surface area contributed by atoms with E-state index < -0.39 is 0 Å². The molecule has 0 saturated carbocycles. The number of esters is 1. The van der Waals surface area contributed by atoms with Crippen LogP contribution in [0.25, 0.3) is 0 Å². The first-order valence-corrected chi connectivity index (χ1v) is 4.98. The molecule has 15 heavy (non-hydrogen) atoms. The summed E-state index contributed by atoms with van der Waals surface area (Å²) in [7, 11) is 1.38. The van der Waals surface area contributed by atoms with E-state index in [2.05, 4.69) is 30.6 Å². The first kappa shape index (κ1) is 11.8. The molecule has 1 unspecified atom stereocenters. The fraction of sp³-hybridized carbons (Fsp3) is 0.636. The Labute approximate surface area is 90.2 Å². The first-order chi connectivity index (χ1) is 6.86. The van der Waals surface area contributed by atoms with Gasteiger partial charge in [-0.15, -0.1) is 0 Å². The monoisotopic (exact) mass is 210 g/mol. The third kappa shape index (κ3) is 2.58. The summed E-state index contributed by atoms with van der Waals surface area (Å²) in [5.41, 5.74) is 1.16. The molecular formula is C11H18N2O2. The van der Waals surface area contributed by atoms with Crippen LogP contribution in [0.4, 0.5) is 0 Å². The third-order valence-corrected chi connectivity index (χ3v) is 2.41. The van der Waals surface area contributed by atoms with E-state index in [1.165, 1.54) is 7.11 Å². The second kappa shape index (κ2) is 4.04. The highest BCUT2D eigenvalue weighted by Crippen LogP contribution is 2.22. The van der Waals surface area contributed by atoms with Gasteiger partial charge in [0, 0.05) is 6.20 Å². The number of hydrogen-bond acceptors (Lipinski definition) is 3. The van der Waals surface area contributed by atoms with Crippen LogP contribution in [0.2, 0.25) is 0 Å². The largest absolute Gasteiger partial charge is 0.467 e. The quantitative estimate of drug-likeness (QED) is 0.700. The Kier molecular flexibility index (Phi) is 3.17. The lowest BCUT2D eigenvalue weighted by Gasteiger charge is -2.15. The van der Waals surface area contributed by atoms with Crippen molar-refractivity contribution < 1.29 is 9.53 Å². The topological polar surface area (TPSA) is 44.1 Å². The standard InChI is InChI=1S/C11H18N2O2/c1-8(10(14)15-5)13-7-9(6-12-13)11(2,3)4/h6-8H,1-5H3. The maximum absolute atomic E-state index is 11.3. The maximum atomic E-state index is 11.3. The zero-order valence-corrected chi connectivity index (χ0v) is 9.94. The van der Waals surface area contributed by atoms with Crippen molar-refractivity contribution in [3.05, 3.63) is 18.0 Å². The van der Waals surface area contributed by atoms with Crippen molar-refractivity contribution >= 4 is 5.97 Å². The van der Waals surface area contributed by atoms with Gasteiger partial charge in [-0.25, -0.2) is 4.79 Å². The van der Waals surface area contributed by atoms with Crippen LogP contribution < -0.4 is 0 Å². The van der Waals surface area contributed by atoms with Gasteiger partial charge in [0.25, 0.3) is 0 Å². The summed E-state index contributed by atoms with van der Waals surface area (Å²) in [5.74, 6) is -0.279. The molecule has 1 heterocycles. The fourth-order valence-electron chi connectivity index (χ4n) is 1.22. The van der Waals surface area contributed by atoms with Gasteiger partial charge >= 0.3 is 5.97 Å². The molecule has 0 N–H and O–H groups in total. The number of nitrogens with zero attached hydrogens (tertiary/aromatic N) is 2. The fourth-order valence-corrected chi connectivity index (χ4v) is 1.22. The molecule has 1 aromatic rings. The lowest BCUT2D eigenvalue weighted by atomic mass is 9.90. The Morgan fingerprint density at radius 1 is 1.53 bits per heavy atom. The SMILES string of the molecule is COC(=O)C(C)n1cc(C(C)(C)C)cn1. The summed E-state index contributed by atoms with van der Waals surface area (Å²) in [6.07, 6.45) is 3.68. The number of ether oxygens (including phenoxy) is 1. The molecule has 0 radical (unpaired) electrons. The van der Waals surface area contributed by atoms with E-state index in [9.17, 15) is 4.79 Å². The van der Waals surface area contributed by atoms with Crippen LogP contribution in [-0.2, 0) is 14.9 Å². The molecule has 0 aromatic carbocycles. The molecule has 4 nitrogen and oxygen atoms in total. The second-order valence-electron chi connectivity index (χ2n) is 4.66. The van der Waals surface area contributed by atoms with Crippen molar-refractivity contribution in [2.45, 2.75) is 39.2 Å². The van der Waals surface area contributed by atoms with Crippen LogP contribution in [0.15, 0.2) is 12.4 Å². The zero-order chi connectivity index (χ0) is 11.6. The minimum absolute atomic E-state index is 0.0497. The summed E-state index contributed by atoms with van der Waals surface area (Å²) in [6, 6.07) is -0.369. The van der Waals surface area contributed by atoms with Crippen LogP contribution in [-0.4, -0.2) is 22.9 Å². The smallest absolute Gasteiger partial charge is 0.330 e. The van der Waals surface area contributed by atoms with Crippen LogP contribution in [0.5, 0.6) is 0 Å². The average Bonchev–Trinajstić information content (AvgIpc) is 2.63. The van der Waals surface area contributed by atoms with Crippen LogP contribution in [0.3, 0.4) is 0 Å². The first-order valence-electron chi connectivity index (χ1n) is 4.98. The molecule has 0 aliphatic rings. The van der Waals surface area contributed by atoms with Crippen molar-refractivity contribution in [1.82, 2.24) is 9.78 Å². The van der Waals surface area contributed by atoms with Gasteiger partial charge < -0.3 is 4.74 Å². The molecule has 0 amide bonds. The van der Waals surface area contributed by atoms with E-state index >= 15 is 0 Å². The molecule has 1 rings (SSSR count). The Bertz CT molecular complexity index is 350. The average molecular weight is 210 g/mol. The van der Waals surface area contributed by atoms with Gasteiger partial charge in [0.15, 0.2) is 0 Å². The van der Waals surface area contributed by atoms with Crippen molar-refractivity contribution in [2.24, 2.45) is 0 Å². The molecule has 84 valence electrons. The van der Waals surface area contributed by atoms with E-state index in [1.54, 1.807) is 17.8 Å². The van der Waals surface area contributed by atoms with Gasteiger partial charge in [0.05, 0.1) is 13.3 Å². The molecule has 0 bridgehead atoms. The van der Waals surface area contributed by atoms with Gasteiger partial charge in [0.1, 0.15) is 6.04 Å². The molecule has 0 saturated heterocycles. The van der Waals surface area contributed by atoms with E-state index in [0.717, 1.165) is 5.56 Å². The van der Waals surface area contributed by atoms with Gasteiger partial charge in [0.2, 0.25) is 0 Å². The maximum Gasteiger partial charge on any atom is 0.330 e. The summed E-state index contributed by atoms with van der Waals surface area (Å²) in [4.78, 5) is 11.3. The zero-order valence-electron chi connectivity index (χ0n) is 9.94. The molecule has 4 heteroatoms. The van der Waals surface area contributed by atoms with E-state index in [4.69, 9.17) is 0 Å². The highest BCUT2D eigenvalue weighted by atomic mass is 16.5. The Hall–Kier alpha value is -1.32. The molecule has 1 atom stereocenters. The van der Waals surface area contributed by atoms with Gasteiger partial charge in [-0.05, 0) is 17.9 Å². The van der Waals surface area contributed by atoms with Crippen molar-refractivity contribution in [3.8, 4) is 0 Å². The number of methoxy groups -OCH3 is 1. The number of hydrogen-bond donors (Lipinski definition) is 0. The Balaban J connectivity index is 2.89. The molecule has 0 spiro atoms. The van der Waals surface area contributed by atoms with Gasteiger partial charge in [-0.1, -0.05) is 20.8 Å². The van der Waals surface area contributed by atoms with Crippen molar-refractivity contribution in [1.29, 1.82) is 0 Å². The lowest BCUT2D eigenvalue weighted by molar-refractivity contribution is -0.144. The summed E-state index contributed by atoms with van der Waals surface area (Å²) >= 11 is 0. The second-order valence-corrected chi connectivity index (χ2v) is 4.66. The Morgan fingerprint density at radius 3 is 2.53 bits per heavy atom. The summed E-state index contributed by atoms with van der Waals surface area (Å²) in [6.45, 7) is 8.09. The minimum Gasteiger partial charge on any atom is -0.467 e. The molecule has 0 aliphatic carbocycles. The molecule has 1 aromatic heterocycles. The summed E-state index contributed by atoms with van der Waals surface area (Å²) in [5, 5.41) is 4.17.